The van der Waals surface area contributed by atoms with Crippen LogP contribution in [0.2, 0.25) is 0 Å². The summed E-state index contributed by atoms with van der Waals surface area (Å²) in [5, 5.41) is 0. The zero-order chi connectivity index (χ0) is 33.7. The molecule has 0 bridgehead atoms. The summed E-state index contributed by atoms with van der Waals surface area (Å²) >= 11 is 0. The van der Waals surface area contributed by atoms with E-state index in [4.69, 9.17) is 0 Å². The number of hydrogen-bond donors (Lipinski definition) is 0. The average molecular weight is 633 g/mol. The van der Waals surface area contributed by atoms with Gasteiger partial charge in [-0.2, -0.15) is 0 Å². The zero-order valence-corrected chi connectivity index (χ0v) is 33.7. The van der Waals surface area contributed by atoms with E-state index in [1.807, 2.05) is 0 Å². The molecule has 0 rings (SSSR count). The summed E-state index contributed by atoms with van der Waals surface area (Å²) in [6.45, 7) is 22.5. The summed E-state index contributed by atoms with van der Waals surface area (Å²) < 4.78 is 0. The molecule has 0 saturated heterocycles. The van der Waals surface area contributed by atoms with Gasteiger partial charge in [0, 0.05) is 0 Å². The Morgan fingerprint density at radius 3 is 0.889 bits per heavy atom. The molecule has 0 aromatic carbocycles. The van der Waals surface area contributed by atoms with Crippen molar-refractivity contribution in [1.29, 1.82) is 0 Å². The molecular formula is C45H92. The smallest absolute Gasteiger partial charge is 0.0184 e. The molecule has 0 saturated carbocycles. The summed E-state index contributed by atoms with van der Waals surface area (Å²) in [5.41, 5.74) is 1.45. The highest BCUT2D eigenvalue weighted by molar-refractivity contribution is 5.09. The van der Waals surface area contributed by atoms with E-state index in [-0.39, 0.29) is 0 Å². The summed E-state index contributed by atoms with van der Waals surface area (Å²) in [4.78, 5) is 0. The second kappa shape index (κ2) is 29.0. The van der Waals surface area contributed by atoms with E-state index in [2.05, 4.69) is 62.3 Å². The molecule has 0 atom stereocenters. The highest BCUT2D eigenvalue weighted by Crippen LogP contribution is 2.69. The van der Waals surface area contributed by atoms with Gasteiger partial charge in [0.2, 0.25) is 0 Å². The number of unbranched alkanes of at least 4 members (excludes halogenated alkanes) is 16. The van der Waals surface area contributed by atoms with E-state index in [1.165, 1.54) is 205 Å². The molecule has 0 fully saturated rings. The van der Waals surface area contributed by atoms with Crippen LogP contribution in [-0.4, -0.2) is 0 Å². The van der Waals surface area contributed by atoms with Crippen molar-refractivity contribution in [2.24, 2.45) is 22.2 Å². The molecule has 0 aromatic heterocycles. The molecule has 45 heavy (non-hydrogen) atoms. The van der Waals surface area contributed by atoms with Crippen LogP contribution in [0, 0.1) is 22.2 Å². The molecule has 0 nitrogen and oxygen atoms in total. The minimum Gasteiger partial charge on any atom is -0.0654 e. The van der Waals surface area contributed by atoms with E-state index in [0.29, 0.717) is 16.2 Å². The van der Waals surface area contributed by atoms with Crippen molar-refractivity contribution in [1.82, 2.24) is 0 Å². The van der Waals surface area contributed by atoms with Gasteiger partial charge in [-0.25, -0.2) is 0 Å². The van der Waals surface area contributed by atoms with Crippen LogP contribution < -0.4 is 0 Å². The van der Waals surface area contributed by atoms with Crippen molar-refractivity contribution in [3.8, 4) is 0 Å². The largest absolute Gasteiger partial charge is 0.0654 e. The van der Waals surface area contributed by atoms with Crippen molar-refractivity contribution in [2.45, 2.75) is 268 Å². The maximum absolute atomic E-state index is 2.92. The quantitative estimate of drug-likeness (QED) is 0.0610. The molecule has 0 aromatic rings. The van der Waals surface area contributed by atoms with Gasteiger partial charge in [-0.05, 0) is 73.5 Å². The van der Waals surface area contributed by atoms with Crippen LogP contribution in [-0.2, 0) is 0 Å². The topological polar surface area (TPSA) is 0 Å². The molecule has 0 aliphatic rings. The van der Waals surface area contributed by atoms with Gasteiger partial charge in [0.1, 0.15) is 0 Å². The Kier molecular flexibility index (Phi) is 29.0. The SMILES string of the molecule is CCCCCC(CCCCC)C(CCCCC)(CCCCC)C(CCCCC)(CCCCC)C(C)(CCCCC)CCCCC. The molecule has 0 heterocycles. The molecule has 0 heteroatoms. The predicted octanol–water partition coefficient (Wildman–Crippen LogP) is 17.2. The van der Waals surface area contributed by atoms with Crippen LogP contribution in [0.4, 0.5) is 0 Å². The van der Waals surface area contributed by atoms with E-state index in [9.17, 15) is 0 Å². The average Bonchev–Trinajstić information content (AvgIpc) is 3.03. The lowest BCUT2D eigenvalue weighted by molar-refractivity contribution is -0.155. The van der Waals surface area contributed by atoms with Crippen LogP contribution in [0.5, 0.6) is 0 Å². The summed E-state index contributed by atoms with van der Waals surface area (Å²) in [7, 11) is 0. The minimum absolute atomic E-state index is 0.463. The van der Waals surface area contributed by atoms with E-state index in [1.54, 1.807) is 0 Å². The predicted molar refractivity (Wildman–Crippen MR) is 210 cm³/mol. The summed E-state index contributed by atoms with van der Waals surface area (Å²) in [6, 6.07) is 0. The van der Waals surface area contributed by atoms with Crippen molar-refractivity contribution < 1.29 is 0 Å². The number of hydrogen-bond acceptors (Lipinski definition) is 0. The lowest BCUT2D eigenvalue weighted by Gasteiger charge is -2.65. The Labute approximate surface area is 289 Å². The molecule has 0 amide bonds. The van der Waals surface area contributed by atoms with Gasteiger partial charge >= 0.3 is 0 Å². The standard InChI is InChI=1S/C45H92/c1-10-18-26-34-42(35-27-19-11-2)44(38-30-22-14-5,39-31-23-15-6)45(40-32-24-16-7,41-33-25-17-8)43(9,36-28-20-12-3)37-29-21-13-4/h42H,10-41H2,1-9H3. The first kappa shape index (κ1) is 45.0. The van der Waals surface area contributed by atoms with Gasteiger partial charge < -0.3 is 0 Å². The van der Waals surface area contributed by atoms with E-state index < -0.39 is 0 Å². The van der Waals surface area contributed by atoms with Gasteiger partial charge in [0.15, 0.2) is 0 Å². The van der Waals surface area contributed by atoms with Gasteiger partial charge in [0.25, 0.3) is 0 Å². The van der Waals surface area contributed by atoms with Crippen LogP contribution in [0.3, 0.4) is 0 Å². The second-order valence-corrected chi connectivity index (χ2v) is 16.2. The van der Waals surface area contributed by atoms with Crippen LogP contribution in [0.1, 0.15) is 268 Å². The molecule has 0 spiro atoms. The maximum Gasteiger partial charge on any atom is -0.0184 e. The van der Waals surface area contributed by atoms with Crippen molar-refractivity contribution in [2.75, 3.05) is 0 Å². The molecule has 272 valence electrons. The molecule has 0 unspecified atom stereocenters. The summed E-state index contributed by atoms with van der Waals surface area (Å²) in [5.74, 6) is 0.921. The van der Waals surface area contributed by atoms with E-state index in [0.717, 1.165) is 5.92 Å². The van der Waals surface area contributed by atoms with Crippen molar-refractivity contribution >= 4 is 0 Å². The maximum atomic E-state index is 2.92. The van der Waals surface area contributed by atoms with Gasteiger partial charge in [-0.1, -0.05) is 216 Å². The van der Waals surface area contributed by atoms with Gasteiger partial charge in [-0.3, -0.25) is 0 Å². The first-order valence-corrected chi connectivity index (χ1v) is 21.9. The third-order valence-corrected chi connectivity index (χ3v) is 12.7. The Hall–Kier alpha value is 0. The molecular weight excluding hydrogens is 540 g/mol. The Balaban J connectivity index is 7.79. The highest BCUT2D eigenvalue weighted by atomic mass is 14.6. The lowest BCUT2D eigenvalue weighted by Crippen LogP contribution is -2.56. The third kappa shape index (κ3) is 15.8. The normalized spacial score (nSPS) is 12.9. The summed E-state index contributed by atoms with van der Waals surface area (Å²) in [6.07, 6.45) is 46.3. The molecule has 0 N–H and O–H groups in total. The highest BCUT2D eigenvalue weighted by Gasteiger charge is 2.60. The fourth-order valence-electron chi connectivity index (χ4n) is 10.1. The fourth-order valence-corrected chi connectivity index (χ4v) is 10.1. The van der Waals surface area contributed by atoms with Gasteiger partial charge in [-0.15, -0.1) is 0 Å². The molecule has 0 aliphatic heterocycles. The fraction of sp³-hybridized carbons (Fsp3) is 1.00. The van der Waals surface area contributed by atoms with E-state index >= 15 is 0 Å². The molecule has 0 aliphatic carbocycles. The van der Waals surface area contributed by atoms with Crippen molar-refractivity contribution in [3.05, 3.63) is 0 Å². The monoisotopic (exact) mass is 633 g/mol. The van der Waals surface area contributed by atoms with Crippen LogP contribution in [0.15, 0.2) is 0 Å². The first-order chi connectivity index (χ1) is 21.9. The Bertz CT molecular complexity index is 561. The first-order valence-electron chi connectivity index (χ1n) is 21.9. The van der Waals surface area contributed by atoms with Crippen molar-refractivity contribution in [3.63, 3.8) is 0 Å². The molecule has 0 radical (unpaired) electrons. The van der Waals surface area contributed by atoms with Crippen LogP contribution in [0.25, 0.3) is 0 Å². The third-order valence-electron chi connectivity index (χ3n) is 12.7. The van der Waals surface area contributed by atoms with Gasteiger partial charge in [0.05, 0.1) is 0 Å². The number of rotatable bonds is 35. The zero-order valence-electron chi connectivity index (χ0n) is 33.7. The minimum atomic E-state index is 0.463. The van der Waals surface area contributed by atoms with Crippen LogP contribution >= 0.6 is 0 Å². The Morgan fingerprint density at radius 2 is 0.578 bits per heavy atom. The Morgan fingerprint density at radius 1 is 0.311 bits per heavy atom. The second-order valence-electron chi connectivity index (χ2n) is 16.2. The lowest BCUT2D eigenvalue weighted by atomic mass is 9.40.